The van der Waals surface area contributed by atoms with Crippen LogP contribution in [0.3, 0.4) is 0 Å². The van der Waals surface area contributed by atoms with Gasteiger partial charge < -0.3 is 0 Å². The van der Waals surface area contributed by atoms with Crippen molar-refractivity contribution in [2.45, 2.75) is 39.0 Å². The topological polar surface area (TPSA) is 0 Å². The molecule has 0 aromatic rings. The van der Waals surface area contributed by atoms with E-state index in [-0.39, 0.29) is 0 Å². The predicted molar refractivity (Wildman–Crippen MR) is 48.4 cm³/mol. The van der Waals surface area contributed by atoms with Gasteiger partial charge in [0.15, 0.2) is 0 Å². The zero-order valence-corrected chi connectivity index (χ0v) is 7.47. The summed E-state index contributed by atoms with van der Waals surface area (Å²) in [4.78, 5) is 0. The third-order valence-corrected chi connectivity index (χ3v) is 3.78. The normalized spacial score (nSPS) is 48.1. The number of rotatable bonds is 2. The average molecular weight is 150 g/mol. The van der Waals surface area contributed by atoms with Crippen molar-refractivity contribution in [1.29, 1.82) is 0 Å². The third-order valence-electron chi connectivity index (χ3n) is 3.78. The monoisotopic (exact) mass is 150 g/mol. The Morgan fingerprint density at radius 1 is 1.64 bits per heavy atom. The number of fused-ring (bicyclic) bond motifs is 1. The minimum atomic E-state index is 0.789. The van der Waals surface area contributed by atoms with E-state index in [0.29, 0.717) is 0 Å². The van der Waals surface area contributed by atoms with Crippen molar-refractivity contribution >= 4 is 0 Å². The Kier molecular flexibility index (Phi) is 1.59. The third kappa shape index (κ3) is 1.23. The average Bonchev–Trinajstić information content (AvgIpc) is 2.61. The summed E-state index contributed by atoms with van der Waals surface area (Å²) in [5.74, 6) is 2.06. The zero-order chi connectivity index (χ0) is 7.90. The van der Waals surface area contributed by atoms with Crippen LogP contribution in [-0.4, -0.2) is 0 Å². The maximum atomic E-state index is 3.81. The molecular formula is C11H18. The molecule has 0 aromatic heterocycles. The van der Waals surface area contributed by atoms with Crippen molar-refractivity contribution in [2.75, 3.05) is 0 Å². The van der Waals surface area contributed by atoms with Crippen LogP contribution in [0.2, 0.25) is 0 Å². The Hall–Kier alpha value is -0.260. The summed E-state index contributed by atoms with van der Waals surface area (Å²) in [6.45, 7) is 6.27. The molecule has 3 atom stereocenters. The molecule has 0 aliphatic heterocycles. The molecule has 0 radical (unpaired) electrons. The van der Waals surface area contributed by atoms with Gasteiger partial charge in [0.25, 0.3) is 0 Å². The van der Waals surface area contributed by atoms with E-state index in [1.54, 1.807) is 0 Å². The van der Waals surface area contributed by atoms with Crippen molar-refractivity contribution in [3.05, 3.63) is 12.7 Å². The minimum absolute atomic E-state index is 0.789. The minimum Gasteiger partial charge on any atom is -0.103 e. The molecule has 2 saturated carbocycles. The molecule has 0 saturated heterocycles. The van der Waals surface area contributed by atoms with Crippen LogP contribution >= 0.6 is 0 Å². The van der Waals surface area contributed by atoms with Gasteiger partial charge in [0, 0.05) is 0 Å². The van der Waals surface area contributed by atoms with Gasteiger partial charge in [0.1, 0.15) is 0 Å². The maximum absolute atomic E-state index is 3.81. The fraction of sp³-hybridized carbons (Fsp3) is 0.818. The Bertz CT molecular complexity index is 171. The molecule has 2 fully saturated rings. The van der Waals surface area contributed by atoms with E-state index in [9.17, 15) is 0 Å². The van der Waals surface area contributed by atoms with E-state index in [1.807, 2.05) is 0 Å². The molecule has 0 amide bonds. The molecule has 0 heteroatoms. The molecule has 62 valence electrons. The van der Waals surface area contributed by atoms with Gasteiger partial charge in [0.05, 0.1) is 0 Å². The second-order valence-corrected chi connectivity index (χ2v) is 4.72. The van der Waals surface area contributed by atoms with Crippen molar-refractivity contribution in [2.24, 2.45) is 17.3 Å². The van der Waals surface area contributed by atoms with Gasteiger partial charge in [-0.3, -0.25) is 0 Å². The van der Waals surface area contributed by atoms with Gasteiger partial charge in [-0.1, -0.05) is 13.0 Å². The summed E-state index contributed by atoms with van der Waals surface area (Å²) in [6, 6.07) is 0. The van der Waals surface area contributed by atoms with Gasteiger partial charge in [-0.25, -0.2) is 0 Å². The Morgan fingerprint density at radius 2 is 2.45 bits per heavy atom. The highest BCUT2D eigenvalue weighted by Crippen LogP contribution is 2.62. The largest absolute Gasteiger partial charge is 0.103 e. The summed E-state index contributed by atoms with van der Waals surface area (Å²) in [6.07, 6.45) is 9.29. The molecule has 0 heterocycles. The highest BCUT2D eigenvalue weighted by molar-refractivity contribution is 5.03. The van der Waals surface area contributed by atoms with E-state index in [1.165, 1.54) is 32.1 Å². The van der Waals surface area contributed by atoms with Crippen LogP contribution in [-0.2, 0) is 0 Å². The SMILES string of the molecule is C=CC[C@@H]1CC[C@@]2(C)C[C@H]2C1. The molecule has 0 N–H and O–H groups in total. The first-order valence-corrected chi connectivity index (χ1v) is 4.85. The summed E-state index contributed by atoms with van der Waals surface area (Å²) in [7, 11) is 0. The van der Waals surface area contributed by atoms with E-state index in [2.05, 4.69) is 19.6 Å². The molecule has 2 aliphatic rings. The summed E-state index contributed by atoms with van der Waals surface area (Å²) >= 11 is 0. The maximum Gasteiger partial charge on any atom is -0.0294 e. The van der Waals surface area contributed by atoms with Crippen LogP contribution in [0.1, 0.15) is 39.0 Å². The first-order valence-electron chi connectivity index (χ1n) is 4.85. The molecule has 11 heavy (non-hydrogen) atoms. The van der Waals surface area contributed by atoms with Crippen molar-refractivity contribution in [1.82, 2.24) is 0 Å². The van der Waals surface area contributed by atoms with Crippen LogP contribution in [0.25, 0.3) is 0 Å². The molecule has 0 bridgehead atoms. The Labute approximate surface area is 69.7 Å². The van der Waals surface area contributed by atoms with E-state index >= 15 is 0 Å². The van der Waals surface area contributed by atoms with E-state index in [0.717, 1.165) is 17.3 Å². The number of hydrogen-bond acceptors (Lipinski definition) is 0. The standard InChI is InChI=1S/C11H18/c1-3-4-9-5-6-11(2)8-10(11)7-9/h3,9-10H,1,4-8H2,2H3/t9-,10-,11+/m1/s1. The van der Waals surface area contributed by atoms with Crippen molar-refractivity contribution < 1.29 is 0 Å². The van der Waals surface area contributed by atoms with E-state index in [4.69, 9.17) is 0 Å². The van der Waals surface area contributed by atoms with Gasteiger partial charge in [0.2, 0.25) is 0 Å². The van der Waals surface area contributed by atoms with Gasteiger partial charge in [-0.2, -0.15) is 0 Å². The Morgan fingerprint density at radius 3 is 3.09 bits per heavy atom. The molecule has 0 spiro atoms. The summed E-state index contributed by atoms with van der Waals surface area (Å²) in [5, 5.41) is 0. The molecular weight excluding hydrogens is 132 g/mol. The summed E-state index contributed by atoms with van der Waals surface area (Å²) < 4.78 is 0. The lowest BCUT2D eigenvalue weighted by atomic mass is 9.81. The molecule has 2 rings (SSSR count). The van der Waals surface area contributed by atoms with E-state index < -0.39 is 0 Å². The fourth-order valence-corrected chi connectivity index (χ4v) is 2.68. The van der Waals surface area contributed by atoms with Crippen LogP contribution < -0.4 is 0 Å². The molecule has 0 aromatic carbocycles. The molecule has 2 aliphatic carbocycles. The second kappa shape index (κ2) is 2.36. The van der Waals surface area contributed by atoms with Crippen molar-refractivity contribution in [3.63, 3.8) is 0 Å². The highest BCUT2D eigenvalue weighted by atomic mass is 14.6. The number of allylic oxidation sites excluding steroid dienone is 1. The smallest absolute Gasteiger partial charge is 0.0294 e. The van der Waals surface area contributed by atoms with Crippen LogP contribution in [0.4, 0.5) is 0 Å². The molecule has 0 nitrogen and oxygen atoms in total. The van der Waals surface area contributed by atoms with Crippen LogP contribution in [0.15, 0.2) is 12.7 Å². The molecule has 0 unspecified atom stereocenters. The lowest BCUT2D eigenvalue weighted by Crippen LogP contribution is -2.13. The van der Waals surface area contributed by atoms with Crippen LogP contribution in [0.5, 0.6) is 0 Å². The quantitative estimate of drug-likeness (QED) is 0.529. The predicted octanol–water partition coefficient (Wildman–Crippen LogP) is 3.39. The second-order valence-electron chi connectivity index (χ2n) is 4.72. The Balaban J connectivity index is 1.88. The lowest BCUT2D eigenvalue weighted by Gasteiger charge is -2.24. The van der Waals surface area contributed by atoms with Gasteiger partial charge in [-0.15, -0.1) is 6.58 Å². The first-order chi connectivity index (χ1) is 5.24. The lowest BCUT2D eigenvalue weighted by molar-refractivity contribution is 0.281. The first kappa shape index (κ1) is 7.39. The van der Waals surface area contributed by atoms with Crippen LogP contribution in [0, 0.1) is 17.3 Å². The number of hydrogen-bond donors (Lipinski definition) is 0. The zero-order valence-electron chi connectivity index (χ0n) is 7.47. The van der Waals surface area contributed by atoms with Crippen molar-refractivity contribution in [3.8, 4) is 0 Å². The highest BCUT2D eigenvalue weighted by Gasteiger charge is 2.52. The van der Waals surface area contributed by atoms with Gasteiger partial charge >= 0.3 is 0 Å². The fourth-order valence-electron chi connectivity index (χ4n) is 2.68. The summed E-state index contributed by atoms with van der Waals surface area (Å²) in [5.41, 5.74) is 0.789. The van der Waals surface area contributed by atoms with Gasteiger partial charge in [-0.05, 0) is 49.4 Å².